The molecule has 0 fully saturated rings. The zero-order chi connectivity index (χ0) is 12.9. The molecule has 4 heteroatoms. The van der Waals surface area contributed by atoms with Crippen LogP contribution in [-0.2, 0) is 4.79 Å². The lowest BCUT2D eigenvalue weighted by molar-refractivity contribution is -0.141. The van der Waals surface area contributed by atoms with E-state index in [1.807, 2.05) is 24.3 Å². The summed E-state index contributed by atoms with van der Waals surface area (Å²) >= 11 is 3.36. The van der Waals surface area contributed by atoms with E-state index in [1.165, 1.54) is 0 Å². The van der Waals surface area contributed by atoms with Gasteiger partial charge >= 0.3 is 5.97 Å². The third-order valence-corrected chi connectivity index (χ3v) is 3.06. The van der Waals surface area contributed by atoms with Gasteiger partial charge in [0.2, 0.25) is 0 Å². The first-order valence-corrected chi connectivity index (χ1v) is 6.15. The Kier molecular flexibility index (Phi) is 4.75. The molecule has 1 atom stereocenters. The number of nitrogens with one attached hydrogen (secondary N) is 1. The van der Waals surface area contributed by atoms with E-state index in [0.717, 1.165) is 10.2 Å². The molecule has 1 rings (SSSR count). The highest BCUT2D eigenvalue weighted by Crippen LogP contribution is 2.23. The highest BCUT2D eigenvalue weighted by molar-refractivity contribution is 9.10. The summed E-state index contributed by atoms with van der Waals surface area (Å²) in [6.45, 7) is 5.30. The van der Waals surface area contributed by atoms with Crippen molar-refractivity contribution in [2.24, 2.45) is 0 Å². The Hall–Kier alpha value is -1.29. The van der Waals surface area contributed by atoms with E-state index >= 15 is 0 Å². The first-order chi connectivity index (χ1) is 7.98. The zero-order valence-electron chi connectivity index (χ0n) is 9.74. The third kappa shape index (κ3) is 3.89. The second-order valence-corrected chi connectivity index (χ2v) is 5.02. The van der Waals surface area contributed by atoms with Crippen LogP contribution >= 0.6 is 15.9 Å². The van der Waals surface area contributed by atoms with Crippen molar-refractivity contribution < 1.29 is 9.90 Å². The van der Waals surface area contributed by atoms with E-state index in [9.17, 15) is 9.90 Å². The molecular formula is C13H16BrNO2. The van der Waals surface area contributed by atoms with Crippen molar-refractivity contribution in [3.63, 3.8) is 0 Å². The fourth-order valence-corrected chi connectivity index (χ4v) is 1.90. The summed E-state index contributed by atoms with van der Waals surface area (Å²) in [4.78, 5) is 11.3. The van der Waals surface area contributed by atoms with Gasteiger partial charge in [-0.1, -0.05) is 28.1 Å². The molecule has 0 aromatic heterocycles. The third-order valence-electron chi connectivity index (χ3n) is 2.57. The number of hydrogen-bond donors (Lipinski definition) is 2. The molecule has 0 bridgehead atoms. The maximum absolute atomic E-state index is 11.3. The van der Waals surface area contributed by atoms with Crippen LogP contribution in [0.3, 0.4) is 0 Å². The van der Waals surface area contributed by atoms with E-state index < -0.39 is 11.5 Å². The number of aliphatic carboxylic acids is 1. The number of carboxylic acids is 1. The summed E-state index contributed by atoms with van der Waals surface area (Å²) < 4.78 is 0.916. The van der Waals surface area contributed by atoms with Crippen molar-refractivity contribution in [1.29, 1.82) is 0 Å². The van der Waals surface area contributed by atoms with Crippen LogP contribution in [0.25, 0.3) is 0 Å². The first kappa shape index (κ1) is 13.8. The quantitative estimate of drug-likeness (QED) is 0.788. The zero-order valence-corrected chi connectivity index (χ0v) is 11.3. The molecule has 1 aromatic carbocycles. The lowest BCUT2D eigenvalue weighted by Gasteiger charge is -2.27. The van der Waals surface area contributed by atoms with Crippen molar-refractivity contribution in [1.82, 2.24) is 0 Å². The monoisotopic (exact) mass is 297 g/mol. The number of halogens is 1. The van der Waals surface area contributed by atoms with Crippen molar-refractivity contribution in [3.05, 3.63) is 41.4 Å². The van der Waals surface area contributed by atoms with Gasteiger partial charge < -0.3 is 10.4 Å². The first-order valence-electron chi connectivity index (χ1n) is 5.36. The van der Waals surface area contributed by atoms with Crippen LogP contribution in [0.2, 0.25) is 0 Å². The Balaban J connectivity index is 2.86. The predicted molar refractivity (Wildman–Crippen MR) is 73.2 cm³/mol. The Bertz CT molecular complexity index is 420. The van der Waals surface area contributed by atoms with Gasteiger partial charge in [0, 0.05) is 10.2 Å². The van der Waals surface area contributed by atoms with Crippen molar-refractivity contribution in [2.75, 3.05) is 5.32 Å². The summed E-state index contributed by atoms with van der Waals surface area (Å²) in [5.41, 5.74) is -0.192. The van der Waals surface area contributed by atoms with E-state index in [0.29, 0.717) is 12.8 Å². The normalized spacial score (nSPS) is 13.8. The van der Waals surface area contributed by atoms with E-state index in [1.54, 1.807) is 13.0 Å². The second kappa shape index (κ2) is 5.87. The van der Waals surface area contributed by atoms with Gasteiger partial charge in [0.05, 0.1) is 0 Å². The van der Waals surface area contributed by atoms with Gasteiger partial charge in [-0.05, 0) is 38.0 Å². The summed E-state index contributed by atoms with van der Waals surface area (Å²) in [6, 6.07) is 7.46. The minimum Gasteiger partial charge on any atom is -0.480 e. The van der Waals surface area contributed by atoms with Gasteiger partial charge in [0.1, 0.15) is 5.54 Å². The standard InChI is InChI=1S/C13H16BrNO2/c1-3-4-8-13(2,12(16)17)15-11-7-5-6-10(14)9-11/h3,5-7,9,15H,1,4,8H2,2H3,(H,16,17). The van der Waals surface area contributed by atoms with E-state index in [2.05, 4.69) is 27.8 Å². The molecule has 0 radical (unpaired) electrons. The molecule has 0 aliphatic carbocycles. The minimum absolute atomic E-state index is 0.498. The number of benzene rings is 1. The molecule has 2 N–H and O–H groups in total. The van der Waals surface area contributed by atoms with Crippen LogP contribution in [0.15, 0.2) is 41.4 Å². The Morgan fingerprint density at radius 2 is 2.35 bits per heavy atom. The fourth-order valence-electron chi connectivity index (χ4n) is 1.50. The van der Waals surface area contributed by atoms with Gasteiger partial charge in [-0.3, -0.25) is 0 Å². The van der Waals surface area contributed by atoms with Crippen LogP contribution in [0.5, 0.6) is 0 Å². The maximum atomic E-state index is 11.3. The SMILES string of the molecule is C=CCCC(C)(Nc1cccc(Br)c1)C(=O)O. The highest BCUT2D eigenvalue weighted by atomic mass is 79.9. The number of carboxylic acid groups (broad SMARTS) is 1. The summed E-state index contributed by atoms with van der Waals surface area (Å²) in [6.07, 6.45) is 2.88. The molecule has 0 amide bonds. The second-order valence-electron chi connectivity index (χ2n) is 4.10. The molecule has 0 aliphatic rings. The average Bonchev–Trinajstić information content (AvgIpc) is 2.26. The van der Waals surface area contributed by atoms with Crippen molar-refractivity contribution >= 4 is 27.6 Å². The molecule has 0 spiro atoms. The molecule has 92 valence electrons. The van der Waals surface area contributed by atoms with Gasteiger partial charge in [-0.2, -0.15) is 0 Å². The number of hydrogen-bond acceptors (Lipinski definition) is 2. The van der Waals surface area contributed by atoms with Crippen LogP contribution < -0.4 is 5.32 Å². The maximum Gasteiger partial charge on any atom is 0.329 e. The smallest absolute Gasteiger partial charge is 0.329 e. The van der Waals surface area contributed by atoms with Crippen LogP contribution in [-0.4, -0.2) is 16.6 Å². The largest absolute Gasteiger partial charge is 0.480 e. The summed E-state index contributed by atoms with van der Waals surface area (Å²) in [7, 11) is 0. The summed E-state index contributed by atoms with van der Waals surface area (Å²) in [5.74, 6) is -0.862. The fraction of sp³-hybridized carbons (Fsp3) is 0.308. The number of rotatable bonds is 6. The lowest BCUT2D eigenvalue weighted by atomic mass is 9.95. The predicted octanol–water partition coefficient (Wildman–Crippen LogP) is 3.67. The molecule has 1 aromatic rings. The van der Waals surface area contributed by atoms with Crippen molar-refractivity contribution in [3.8, 4) is 0 Å². The van der Waals surface area contributed by atoms with Crippen LogP contribution in [0, 0.1) is 0 Å². The topological polar surface area (TPSA) is 49.3 Å². The molecule has 17 heavy (non-hydrogen) atoms. The molecule has 3 nitrogen and oxygen atoms in total. The molecule has 1 unspecified atom stereocenters. The number of carbonyl (C=O) groups is 1. The summed E-state index contributed by atoms with van der Waals surface area (Å²) in [5, 5.41) is 12.3. The Labute approximate surface area is 110 Å². The molecule has 0 saturated heterocycles. The van der Waals surface area contributed by atoms with Crippen LogP contribution in [0.4, 0.5) is 5.69 Å². The molecule has 0 saturated carbocycles. The minimum atomic E-state index is -0.977. The Morgan fingerprint density at radius 3 is 2.88 bits per heavy atom. The molecular weight excluding hydrogens is 282 g/mol. The van der Waals surface area contributed by atoms with E-state index in [-0.39, 0.29) is 0 Å². The van der Waals surface area contributed by atoms with E-state index in [4.69, 9.17) is 0 Å². The van der Waals surface area contributed by atoms with Gasteiger partial charge in [-0.15, -0.1) is 6.58 Å². The van der Waals surface area contributed by atoms with Crippen LogP contribution in [0.1, 0.15) is 19.8 Å². The molecule has 0 aliphatic heterocycles. The highest BCUT2D eigenvalue weighted by Gasteiger charge is 2.31. The van der Waals surface area contributed by atoms with Gasteiger partial charge in [-0.25, -0.2) is 4.79 Å². The van der Waals surface area contributed by atoms with Gasteiger partial charge in [0.25, 0.3) is 0 Å². The Morgan fingerprint density at radius 1 is 1.65 bits per heavy atom. The molecule has 0 heterocycles. The lowest BCUT2D eigenvalue weighted by Crippen LogP contribution is -2.43. The number of anilines is 1. The van der Waals surface area contributed by atoms with Crippen molar-refractivity contribution in [2.45, 2.75) is 25.3 Å². The number of allylic oxidation sites excluding steroid dienone is 1. The average molecular weight is 298 g/mol. The van der Waals surface area contributed by atoms with Gasteiger partial charge in [0.15, 0.2) is 0 Å².